The van der Waals surface area contributed by atoms with Crippen molar-refractivity contribution in [1.82, 2.24) is 0 Å². The Kier molecular flexibility index (Phi) is 3.93. The van der Waals surface area contributed by atoms with Crippen LogP contribution in [0.2, 0.25) is 5.02 Å². The standard InChI is InChI=1S/C12H10BrClN2O2/c1-7-2-3-8(14)6-9(7)15-12(17)16-11-5-4-10(13)18-11/h2-6H,1H3,(H2,15,16,17). The predicted octanol–water partition coefficient (Wildman–Crippen LogP) is 4.65. The zero-order chi connectivity index (χ0) is 13.1. The highest BCUT2D eigenvalue weighted by Gasteiger charge is 2.07. The van der Waals surface area contributed by atoms with Crippen molar-refractivity contribution in [3.8, 4) is 0 Å². The van der Waals surface area contributed by atoms with Gasteiger partial charge >= 0.3 is 6.03 Å². The lowest BCUT2D eigenvalue weighted by Gasteiger charge is -2.08. The molecule has 0 aliphatic rings. The third-order valence-electron chi connectivity index (χ3n) is 2.26. The molecule has 2 amide bonds. The maximum absolute atomic E-state index is 11.7. The Morgan fingerprint density at radius 1 is 1.28 bits per heavy atom. The van der Waals surface area contributed by atoms with E-state index in [0.717, 1.165) is 5.56 Å². The van der Waals surface area contributed by atoms with Gasteiger partial charge in [0.25, 0.3) is 0 Å². The molecule has 0 saturated heterocycles. The van der Waals surface area contributed by atoms with E-state index in [9.17, 15) is 4.79 Å². The number of urea groups is 1. The van der Waals surface area contributed by atoms with Gasteiger partial charge in [0.15, 0.2) is 4.67 Å². The summed E-state index contributed by atoms with van der Waals surface area (Å²) < 4.78 is 5.72. The minimum absolute atomic E-state index is 0.360. The number of carbonyl (C=O) groups excluding carboxylic acids is 1. The van der Waals surface area contributed by atoms with Crippen LogP contribution in [0.4, 0.5) is 16.4 Å². The van der Waals surface area contributed by atoms with Crippen LogP contribution in [0, 0.1) is 6.92 Å². The van der Waals surface area contributed by atoms with Crippen LogP contribution in [-0.4, -0.2) is 6.03 Å². The van der Waals surface area contributed by atoms with Crippen molar-refractivity contribution in [3.05, 3.63) is 45.6 Å². The highest BCUT2D eigenvalue weighted by atomic mass is 79.9. The van der Waals surface area contributed by atoms with Gasteiger partial charge in [-0.25, -0.2) is 4.79 Å². The van der Waals surface area contributed by atoms with E-state index >= 15 is 0 Å². The van der Waals surface area contributed by atoms with Gasteiger partial charge in [-0.3, -0.25) is 5.32 Å². The molecule has 0 spiro atoms. The zero-order valence-corrected chi connectivity index (χ0v) is 11.8. The van der Waals surface area contributed by atoms with Crippen molar-refractivity contribution in [2.75, 3.05) is 10.6 Å². The van der Waals surface area contributed by atoms with Crippen molar-refractivity contribution in [2.45, 2.75) is 6.92 Å². The van der Waals surface area contributed by atoms with Crippen LogP contribution in [0.1, 0.15) is 5.56 Å². The molecule has 4 nitrogen and oxygen atoms in total. The smallest absolute Gasteiger partial charge is 0.326 e. The fraction of sp³-hybridized carbons (Fsp3) is 0.0833. The van der Waals surface area contributed by atoms with Gasteiger partial charge in [0.2, 0.25) is 5.88 Å². The number of hydrogen-bond acceptors (Lipinski definition) is 2. The molecule has 0 atom stereocenters. The van der Waals surface area contributed by atoms with E-state index < -0.39 is 0 Å². The van der Waals surface area contributed by atoms with Gasteiger partial charge in [0, 0.05) is 16.8 Å². The Bertz CT molecular complexity index is 583. The van der Waals surface area contributed by atoms with Gasteiger partial charge in [-0.15, -0.1) is 0 Å². The van der Waals surface area contributed by atoms with Gasteiger partial charge in [-0.05, 0) is 46.6 Å². The lowest BCUT2D eigenvalue weighted by Crippen LogP contribution is -2.19. The summed E-state index contributed by atoms with van der Waals surface area (Å²) in [6, 6.07) is 8.25. The molecule has 0 radical (unpaired) electrons. The largest absolute Gasteiger partial charge is 0.434 e. The number of carbonyl (C=O) groups is 1. The van der Waals surface area contributed by atoms with Crippen LogP contribution in [0.3, 0.4) is 0 Å². The maximum atomic E-state index is 11.7. The van der Waals surface area contributed by atoms with Crippen LogP contribution in [-0.2, 0) is 0 Å². The van der Waals surface area contributed by atoms with E-state index in [4.69, 9.17) is 16.0 Å². The number of hydrogen-bond donors (Lipinski definition) is 2. The molecule has 1 heterocycles. The van der Waals surface area contributed by atoms with E-state index in [0.29, 0.717) is 21.3 Å². The number of furan rings is 1. The molecule has 0 aliphatic carbocycles. The molecule has 0 unspecified atom stereocenters. The SMILES string of the molecule is Cc1ccc(Cl)cc1NC(=O)Nc1ccc(Br)o1. The first-order valence-corrected chi connectivity index (χ1v) is 6.31. The Hall–Kier alpha value is -1.46. The van der Waals surface area contributed by atoms with Crippen LogP contribution < -0.4 is 10.6 Å². The summed E-state index contributed by atoms with van der Waals surface area (Å²) in [7, 11) is 0. The summed E-state index contributed by atoms with van der Waals surface area (Å²) in [4.78, 5) is 11.7. The molecule has 0 bridgehead atoms. The molecule has 18 heavy (non-hydrogen) atoms. The molecule has 2 N–H and O–H groups in total. The quantitative estimate of drug-likeness (QED) is 0.842. The molecule has 1 aromatic heterocycles. The number of rotatable bonds is 2. The number of benzene rings is 1. The van der Waals surface area contributed by atoms with Gasteiger partial charge < -0.3 is 9.73 Å². The highest BCUT2D eigenvalue weighted by molar-refractivity contribution is 9.10. The fourth-order valence-corrected chi connectivity index (χ4v) is 1.85. The first kappa shape index (κ1) is 13.0. The van der Waals surface area contributed by atoms with Gasteiger partial charge in [-0.2, -0.15) is 0 Å². The molecule has 0 aliphatic heterocycles. The van der Waals surface area contributed by atoms with Gasteiger partial charge in [0.05, 0.1) is 0 Å². The average Bonchev–Trinajstić information content (AvgIpc) is 2.69. The van der Waals surface area contributed by atoms with E-state index in [2.05, 4.69) is 26.6 Å². The van der Waals surface area contributed by atoms with Crippen LogP contribution in [0.15, 0.2) is 39.4 Å². The van der Waals surface area contributed by atoms with E-state index in [1.807, 2.05) is 13.0 Å². The van der Waals surface area contributed by atoms with Crippen molar-refractivity contribution < 1.29 is 9.21 Å². The van der Waals surface area contributed by atoms with Crippen LogP contribution in [0.25, 0.3) is 0 Å². The van der Waals surface area contributed by atoms with E-state index in [1.165, 1.54) is 0 Å². The minimum Gasteiger partial charge on any atom is -0.434 e. The monoisotopic (exact) mass is 328 g/mol. The Morgan fingerprint density at radius 2 is 2.06 bits per heavy atom. The van der Waals surface area contributed by atoms with E-state index in [-0.39, 0.29) is 6.03 Å². The molecule has 94 valence electrons. The summed E-state index contributed by atoms with van der Waals surface area (Å²) in [5.41, 5.74) is 1.58. The topological polar surface area (TPSA) is 54.3 Å². The lowest BCUT2D eigenvalue weighted by molar-refractivity contribution is 0.261. The van der Waals surface area contributed by atoms with Crippen LogP contribution >= 0.6 is 27.5 Å². The summed E-state index contributed by atoms with van der Waals surface area (Å²) in [6.07, 6.45) is 0. The second kappa shape index (κ2) is 5.46. The first-order valence-electron chi connectivity index (χ1n) is 5.14. The van der Waals surface area contributed by atoms with E-state index in [1.54, 1.807) is 24.3 Å². The fourth-order valence-electron chi connectivity index (χ4n) is 1.38. The second-order valence-electron chi connectivity index (χ2n) is 3.64. The number of anilines is 2. The summed E-state index contributed by atoms with van der Waals surface area (Å²) in [5.74, 6) is 0.360. The number of nitrogens with one attached hydrogen (secondary N) is 2. The Labute approximate surface area is 117 Å². The first-order chi connectivity index (χ1) is 8.54. The normalized spacial score (nSPS) is 10.2. The van der Waals surface area contributed by atoms with Crippen molar-refractivity contribution in [3.63, 3.8) is 0 Å². The molecule has 0 fully saturated rings. The molecular weight excluding hydrogens is 320 g/mol. The molecule has 0 saturated carbocycles. The number of amides is 2. The molecular formula is C12H10BrClN2O2. The second-order valence-corrected chi connectivity index (χ2v) is 4.86. The number of aryl methyl sites for hydroxylation is 1. The lowest BCUT2D eigenvalue weighted by atomic mass is 10.2. The predicted molar refractivity (Wildman–Crippen MR) is 75.2 cm³/mol. The molecule has 6 heteroatoms. The number of halogens is 2. The third kappa shape index (κ3) is 3.27. The summed E-state index contributed by atoms with van der Waals surface area (Å²) in [6.45, 7) is 1.88. The minimum atomic E-state index is -0.387. The molecule has 2 aromatic rings. The maximum Gasteiger partial charge on any atom is 0.326 e. The third-order valence-corrected chi connectivity index (χ3v) is 2.92. The molecule has 2 rings (SSSR count). The Morgan fingerprint density at radius 3 is 2.72 bits per heavy atom. The highest BCUT2D eigenvalue weighted by Crippen LogP contribution is 2.21. The summed E-state index contributed by atoms with van der Waals surface area (Å²) in [5, 5.41) is 5.83. The van der Waals surface area contributed by atoms with Gasteiger partial charge in [-0.1, -0.05) is 17.7 Å². The average molecular weight is 330 g/mol. The van der Waals surface area contributed by atoms with Crippen LogP contribution in [0.5, 0.6) is 0 Å². The van der Waals surface area contributed by atoms with Gasteiger partial charge in [0.1, 0.15) is 0 Å². The van der Waals surface area contributed by atoms with Crippen molar-refractivity contribution in [1.29, 1.82) is 0 Å². The van der Waals surface area contributed by atoms with Crippen molar-refractivity contribution >= 4 is 45.1 Å². The molecule has 1 aromatic carbocycles. The summed E-state index contributed by atoms with van der Waals surface area (Å²) >= 11 is 9.02. The van der Waals surface area contributed by atoms with Crippen molar-refractivity contribution in [2.24, 2.45) is 0 Å². The zero-order valence-electron chi connectivity index (χ0n) is 9.46. The Balaban J connectivity index is 2.05.